The van der Waals surface area contributed by atoms with Gasteiger partial charge in [0.1, 0.15) is 0 Å². The van der Waals surface area contributed by atoms with Gasteiger partial charge in [0.15, 0.2) is 11.5 Å². The van der Waals surface area contributed by atoms with Crippen LogP contribution < -0.4 is 4.74 Å². The van der Waals surface area contributed by atoms with Crippen LogP contribution in [-0.2, 0) is 11.3 Å². The number of nitrogens with zero attached hydrogens (tertiary/aromatic N) is 2. The van der Waals surface area contributed by atoms with Crippen molar-refractivity contribution in [2.24, 2.45) is 5.41 Å². The van der Waals surface area contributed by atoms with Crippen LogP contribution >= 0.6 is 0 Å². The maximum atomic E-state index is 12.1. The van der Waals surface area contributed by atoms with E-state index >= 15 is 0 Å². The monoisotopic (exact) mass is 362 g/mol. The van der Waals surface area contributed by atoms with Gasteiger partial charge in [-0.05, 0) is 62.4 Å². The van der Waals surface area contributed by atoms with Gasteiger partial charge < -0.3 is 19.8 Å². The van der Waals surface area contributed by atoms with Gasteiger partial charge in [-0.2, -0.15) is 0 Å². The van der Waals surface area contributed by atoms with Gasteiger partial charge in [-0.1, -0.05) is 6.07 Å². The van der Waals surface area contributed by atoms with Crippen LogP contribution in [0.15, 0.2) is 18.2 Å². The molecule has 26 heavy (non-hydrogen) atoms. The molecule has 1 atom stereocenters. The highest BCUT2D eigenvalue weighted by atomic mass is 16.5. The van der Waals surface area contributed by atoms with Crippen LogP contribution in [0, 0.1) is 5.41 Å². The lowest BCUT2D eigenvalue weighted by molar-refractivity contribution is -0.140. The fraction of sp³-hybridized carbons (Fsp3) is 0.650. The second-order valence-electron chi connectivity index (χ2n) is 7.91. The number of phenols is 1. The van der Waals surface area contributed by atoms with Gasteiger partial charge in [0.05, 0.1) is 13.2 Å². The Hall–Kier alpha value is -1.79. The van der Waals surface area contributed by atoms with Crippen molar-refractivity contribution >= 4 is 5.91 Å². The van der Waals surface area contributed by atoms with E-state index in [4.69, 9.17) is 4.74 Å². The number of β-amino-alcohol motifs (C(OH)–C–C–N with tert-alkyl or cyclic N) is 1. The summed E-state index contributed by atoms with van der Waals surface area (Å²) in [6, 6.07) is 5.57. The first kappa shape index (κ1) is 19.0. The Balaban J connectivity index is 1.57. The van der Waals surface area contributed by atoms with Crippen molar-refractivity contribution in [3.05, 3.63) is 23.8 Å². The largest absolute Gasteiger partial charge is 0.504 e. The van der Waals surface area contributed by atoms with Crippen LogP contribution in [0.5, 0.6) is 11.5 Å². The first-order valence-electron chi connectivity index (χ1n) is 9.45. The molecule has 1 unspecified atom stereocenters. The molecule has 2 N–H and O–H groups in total. The predicted octanol–water partition coefficient (Wildman–Crippen LogP) is 1.99. The normalized spacial score (nSPS) is 21.8. The molecule has 1 amide bonds. The van der Waals surface area contributed by atoms with Crippen LogP contribution in [0.1, 0.15) is 38.2 Å². The van der Waals surface area contributed by atoms with Gasteiger partial charge in [0, 0.05) is 26.1 Å². The molecule has 0 saturated carbocycles. The highest BCUT2D eigenvalue weighted by molar-refractivity contribution is 5.77. The van der Waals surface area contributed by atoms with Crippen molar-refractivity contribution < 1.29 is 19.7 Å². The molecule has 3 rings (SSSR count). The van der Waals surface area contributed by atoms with E-state index in [2.05, 4.69) is 4.90 Å². The van der Waals surface area contributed by atoms with Gasteiger partial charge in [-0.3, -0.25) is 9.69 Å². The molecular formula is C20H30N2O4. The molecule has 6 heteroatoms. The molecule has 1 aromatic carbocycles. The molecule has 2 heterocycles. The van der Waals surface area contributed by atoms with Gasteiger partial charge in [-0.15, -0.1) is 0 Å². The van der Waals surface area contributed by atoms with E-state index in [1.807, 2.05) is 11.0 Å². The first-order valence-corrected chi connectivity index (χ1v) is 9.45. The molecule has 0 aromatic heterocycles. The van der Waals surface area contributed by atoms with Crippen molar-refractivity contribution in [1.29, 1.82) is 0 Å². The van der Waals surface area contributed by atoms with Crippen molar-refractivity contribution in [3.63, 3.8) is 0 Å². The third-order valence-corrected chi connectivity index (χ3v) is 5.80. The molecule has 144 valence electrons. The molecule has 2 fully saturated rings. The van der Waals surface area contributed by atoms with E-state index in [-0.39, 0.29) is 17.1 Å². The Labute approximate surface area is 155 Å². The van der Waals surface area contributed by atoms with E-state index in [0.29, 0.717) is 18.7 Å². The highest BCUT2D eigenvalue weighted by Gasteiger charge is 2.41. The second kappa shape index (κ2) is 7.84. The molecule has 2 aliphatic rings. The molecule has 1 spiro atoms. The fourth-order valence-electron chi connectivity index (χ4n) is 4.27. The SMILES string of the molecule is COc1ccc(CN2CCC3(CCC(=O)N(CC(C)O)C3)CC2)cc1O. The maximum Gasteiger partial charge on any atom is 0.222 e. The Morgan fingerprint density at radius 2 is 2.00 bits per heavy atom. The average molecular weight is 362 g/mol. The zero-order valence-electron chi connectivity index (χ0n) is 15.8. The number of aromatic hydroxyl groups is 1. The van der Waals surface area contributed by atoms with Crippen LogP contribution in [0.4, 0.5) is 0 Å². The zero-order valence-corrected chi connectivity index (χ0v) is 15.8. The number of carbonyl (C=O) groups excluding carboxylic acids is 1. The quantitative estimate of drug-likeness (QED) is 0.838. The highest BCUT2D eigenvalue weighted by Crippen LogP contribution is 2.40. The Bertz CT molecular complexity index is 639. The number of carbonyl (C=O) groups is 1. The van der Waals surface area contributed by atoms with Crippen molar-refractivity contribution in [3.8, 4) is 11.5 Å². The number of hydrogen-bond acceptors (Lipinski definition) is 5. The van der Waals surface area contributed by atoms with Crippen molar-refractivity contribution in [2.75, 3.05) is 33.3 Å². The number of likely N-dealkylation sites (tertiary alicyclic amines) is 2. The number of aliphatic hydroxyl groups excluding tert-OH is 1. The predicted molar refractivity (Wildman–Crippen MR) is 99.1 cm³/mol. The second-order valence-corrected chi connectivity index (χ2v) is 7.91. The molecule has 2 aliphatic heterocycles. The lowest BCUT2D eigenvalue weighted by Crippen LogP contribution is -2.52. The molecular weight excluding hydrogens is 332 g/mol. The number of phenolic OH excluding ortho intramolecular Hbond substituents is 1. The number of benzene rings is 1. The van der Waals surface area contributed by atoms with E-state index in [1.54, 1.807) is 26.2 Å². The van der Waals surface area contributed by atoms with E-state index in [0.717, 1.165) is 51.0 Å². The summed E-state index contributed by atoms with van der Waals surface area (Å²) in [7, 11) is 1.55. The summed E-state index contributed by atoms with van der Waals surface area (Å²) < 4.78 is 5.10. The zero-order chi connectivity index (χ0) is 18.7. The summed E-state index contributed by atoms with van der Waals surface area (Å²) in [6.45, 7) is 5.74. The average Bonchev–Trinajstić information content (AvgIpc) is 2.60. The third kappa shape index (κ3) is 4.30. The fourth-order valence-corrected chi connectivity index (χ4v) is 4.27. The van der Waals surface area contributed by atoms with Crippen molar-refractivity contribution in [2.45, 2.75) is 45.3 Å². The minimum Gasteiger partial charge on any atom is -0.504 e. The molecule has 1 aromatic rings. The summed E-state index contributed by atoms with van der Waals surface area (Å²) in [5.41, 5.74) is 1.27. The molecule has 0 bridgehead atoms. The van der Waals surface area contributed by atoms with Gasteiger partial charge in [0.25, 0.3) is 0 Å². The third-order valence-electron chi connectivity index (χ3n) is 5.80. The minimum absolute atomic E-state index is 0.174. The van der Waals surface area contributed by atoms with Crippen LogP contribution in [-0.4, -0.2) is 65.3 Å². The number of amides is 1. The topological polar surface area (TPSA) is 73.2 Å². The minimum atomic E-state index is -0.475. The maximum absolute atomic E-state index is 12.1. The molecule has 0 radical (unpaired) electrons. The number of hydrogen-bond donors (Lipinski definition) is 2. The Kier molecular flexibility index (Phi) is 5.73. The Morgan fingerprint density at radius 1 is 1.27 bits per heavy atom. The number of piperidine rings is 2. The summed E-state index contributed by atoms with van der Waals surface area (Å²) in [5, 5.41) is 19.6. The number of methoxy groups -OCH3 is 1. The summed E-state index contributed by atoms with van der Waals surface area (Å²) in [4.78, 5) is 16.4. The number of rotatable bonds is 5. The van der Waals surface area contributed by atoms with Crippen molar-refractivity contribution in [1.82, 2.24) is 9.80 Å². The van der Waals surface area contributed by atoms with Gasteiger partial charge in [-0.25, -0.2) is 0 Å². The summed E-state index contributed by atoms with van der Waals surface area (Å²) >= 11 is 0. The summed E-state index contributed by atoms with van der Waals surface area (Å²) in [6.07, 6.45) is 3.22. The van der Waals surface area contributed by atoms with Crippen LogP contribution in [0.25, 0.3) is 0 Å². The Morgan fingerprint density at radius 3 is 2.62 bits per heavy atom. The van der Waals surface area contributed by atoms with Gasteiger partial charge in [0.2, 0.25) is 5.91 Å². The van der Waals surface area contributed by atoms with Crippen LogP contribution in [0.2, 0.25) is 0 Å². The summed E-state index contributed by atoms with van der Waals surface area (Å²) in [5.74, 6) is 0.849. The number of ether oxygens (including phenoxy) is 1. The van der Waals surface area contributed by atoms with E-state index < -0.39 is 6.10 Å². The standard InChI is InChI=1S/C20H30N2O4/c1-15(23)12-22-14-20(6-5-19(22)25)7-9-21(10-8-20)13-16-3-4-18(26-2)17(24)11-16/h3-4,11,15,23-24H,5-10,12-14H2,1-2H3. The van der Waals surface area contributed by atoms with Crippen LogP contribution in [0.3, 0.4) is 0 Å². The lowest BCUT2D eigenvalue weighted by Gasteiger charge is -2.47. The molecule has 0 aliphatic carbocycles. The van der Waals surface area contributed by atoms with Gasteiger partial charge >= 0.3 is 0 Å². The lowest BCUT2D eigenvalue weighted by atomic mass is 9.72. The number of aliphatic hydroxyl groups is 1. The first-order chi connectivity index (χ1) is 12.4. The molecule has 2 saturated heterocycles. The van der Waals surface area contributed by atoms with E-state index in [9.17, 15) is 15.0 Å². The molecule has 6 nitrogen and oxygen atoms in total. The smallest absolute Gasteiger partial charge is 0.222 e. The van der Waals surface area contributed by atoms with E-state index in [1.165, 1.54) is 0 Å².